The van der Waals surface area contributed by atoms with Crippen LogP contribution in [0.1, 0.15) is 61.9 Å². The Bertz CT molecular complexity index is 1160. The van der Waals surface area contributed by atoms with Gasteiger partial charge in [0.1, 0.15) is 6.10 Å². The second-order valence-corrected chi connectivity index (χ2v) is 10.3. The molecule has 0 spiro atoms. The highest BCUT2D eigenvalue weighted by Gasteiger charge is 2.32. The zero-order valence-electron chi connectivity index (χ0n) is 21.1. The first kappa shape index (κ1) is 25.8. The molecule has 1 saturated carbocycles. The van der Waals surface area contributed by atoms with Gasteiger partial charge in [-0.2, -0.15) is 0 Å². The number of aliphatic hydroxyl groups is 1. The van der Waals surface area contributed by atoms with Crippen molar-refractivity contribution >= 4 is 22.8 Å². The molecule has 1 aromatic heterocycles. The molecular weight excluding hydrogens is 452 g/mol. The molecule has 1 heterocycles. The molecular formula is C30H36N2O4. The monoisotopic (exact) mass is 488 g/mol. The molecule has 6 nitrogen and oxygen atoms in total. The molecule has 2 aromatic carbocycles. The fourth-order valence-corrected chi connectivity index (χ4v) is 4.69. The molecule has 190 valence electrons. The summed E-state index contributed by atoms with van der Waals surface area (Å²) in [6.07, 6.45) is 4.14. The average molecular weight is 489 g/mol. The molecule has 0 radical (unpaired) electrons. The lowest BCUT2D eigenvalue weighted by molar-refractivity contribution is -0.128. The molecule has 0 saturated heterocycles. The summed E-state index contributed by atoms with van der Waals surface area (Å²) < 4.78 is 5.89. The van der Waals surface area contributed by atoms with Crippen molar-refractivity contribution in [2.45, 2.75) is 70.6 Å². The second-order valence-electron chi connectivity index (χ2n) is 10.3. The summed E-state index contributed by atoms with van der Waals surface area (Å²) in [5.74, 6) is -0.600. The van der Waals surface area contributed by atoms with Gasteiger partial charge in [-0.25, -0.2) is 4.79 Å². The average Bonchev–Trinajstić information content (AvgIpc) is 2.85. The summed E-state index contributed by atoms with van der Waals surface area (Å²) in [4.78, 5) is 30.5. The van der Waals surface area contributed by atoms with Crippen molar-refractivity contribution in [2.75, 3.05) is 0 Å². The smallest absolute Gasteiger partial charge is 0.340 e. The van der Waals surface area contributed by atoms with Crippen molar-refractivity contribution in [3.8, 4) is 0 Å². The van der Waals surface area contributed by atoms with Crippen LogP contribution >= 0.6 is 0 Å². The lowest BCUT2D eigenvalue weighted by Gasteiger charge is -2.31. The third-order valence-corrected chi connectivity index (χ3v) is 6.90. The number of hydrogen-bond acceptors (Lipinski definition) is 5. The van der Waals surface area contributed by atoms with Crippen LogP contribution in [0.5, 0.6) is 0 Å². The highest BCUT2D eigenvalue weighted by atomic mass is 16.6. The normalized spacial score (nSPS) is 16.2. The quantitative estimate of drug-likeness (QED) is 0.367. The molecule has 3 aromatic rings. The fourth-order valence-electron chi connectivity index (χ4n) is 4.69. The summed E-state index contributed by atoms with van der Waals surface area (Å²) in [6, 6.07) is 19.2. The molecule has 1 aliphatic rings. The van der Waals surface area contributed by atoms with Gasteiger partial charge in [-0.1, -0.05) is 62.4 Å². The Hall–Kier alpha value is -3.25. The number of aliphatic hydroxyl groups excluding tert-OH is 1. The maximum Gasteiger partial charge on any atom is 0.340 e. The second kappa shape index (κ2) is 12.1. The number of para-hydroxylation sites is 1. The van der Waals surface area contributed by atoms with Crippen molar-refractivity contribution in [3.63, 3.8) is 0 Å². The first-order valence-corrected chi connectivity index (χ1v) is 13.0. The van der Waals surface area contributed by atoms with E-state index in [0.29, 0.717) is 24.3 Å². The van der Waals surface area contributed by atoms with Gasteiger partial charge in [-0.05, 0) is 55.7 Å². The molecule has 4 rings (SSSR count). The maximum atomic E-state index is 13.1. The number of hydrogen-bond donors (Lipinski definition) is 2. The van der Waals surface area contributed by atoms with Crippen LogP contribution in [0.3, 0.4) is 0 Å². The molecule has 6 heteroatoms. The van der Waals surface area contributed by atoms with Crippen LogP contribution in [0.15, 0.2) is 66.9 Å². The van der Waals surface area contributed by atoms with Crippen molar-refractivity contribution in [1.29, 1.82) is 0 Å². The largest absolute Gasteiger partial charge is 0.456 e. The van der Waals surface area contributed by atoms with Crippen LogP contribution in [0, 0.1) is 11.8 Å². The number of nitrogens with one attached hydrogen (secondary N) is 1. The number of carbonyl (C=O) groups is 2. The lowest BCUT2D eigenvalue weighted by atomic mass is 9.87. The number of pyridine rings is 1. The van der Waals surface area contributed by atoms with Crippen LogP contribution in [0.4, 0.5) is 0 Å². The van der Waals surface area contributed by atoms with Gasteiger partial charge in [0.25, 0.3) is 0 Å². The number of esters is 1. The van der Waals surface area contributed by atoms with Crippen LogP contribution in [0.2, 0.25) is 0 Å². The number of carbonyl (C=O) groups excluding carboxylic acids is 2. The minimum absolute atomic E-state index is 0.0176. The molecule has 0 bridgehead atoms. The Labute approximate surface area is 213 Å². The molecule has 0 aliphatic heterocycles. The van der Waals surface area contributed by atoms with Crippen molar-refractivity contribution < 1.29 is 19.4 Å². The standard InChI is InChI=1S/C30H36N2O4/c1-20(2)15-23(29(34)32-25-12-8-13-25)18-27(33)28(16-21-9-4-3-5-10-21)36-30(35)24-17-22-11-6-7-14-26(22)31-19-24/h3-7,9-11,14,17,19-20,23,25,27-28,33H,8,12-13,15-16,18H2,1-2H3,(H,32,34)/t23-,27+,28+/m1/s1. The summed E-state index contributed by atoms with van der Waals surface area (Å²) >= 11 is 0. The molecule has 1 fully saturated rings. The molecule has 0 unspecified atom stereocenters. The van der Waals surface area contributed by atoms with Gasteiger partial charge >= 0.3 is 5.97 Å². The topological polar surface area (TPSA) is 88.5 Å². The van der Waals surface area contributed by atoms with Gasteiger partial charge in [0.15, 0.2) is 0 Å². The number of nitrogens with zero attached hydrogens (tertiary/aromatic N) is 1. The van der Waals surface area contributed by atoms with Gasteiger partial charge in [-0.15, -0.1) is 0 Å². The van der Waals surface area contributed by atoms with Crippen molar-refractivity contribution in [3.05, 3.63) is 78.0 Å². The number of fused-ring (bicyclic) bond motifs is 1. The Morgan fingerprint density at radius 1 is 1.06 bits per heavy atom. The van der Waals surface area contributed by atoms with E-state index < -0.39 is 18.2 Å². The summed E-state index contributed by atoms with van der Waals surface area (Å²) in [6.45, 7) is 4.15. The predicted octanol–water partition coefficient (Wildman–Crippen LogP) is 5.08. The van der Waals surface area contributed by atoms with E-state index in [9.17, 15) is 14.7 Å². The van der Waals surface area contributed by atoms with Gasteiger partial charge in [0, 0.05) is 30.0 Å². The van der Waals surface area contributed by atoms with Gasteiger partial charge in [-0.3, -0.25) is 9.78 Å². The number of amides is 1. The zero-order valence-corrected chi connectivity index (χ0v) is 21.1. The van der Waals surface area contributed by atoms with Crippen LogP contribution < -0.4 is 5.32 Å². The highest BCUT2D eigenvalue weighted by molar-refractivity contribution is 5.93. The zero-order chi connectivity index (χ0) is 25.5. The fraction of sp³-hybridized carbons (Fsp3) is 0.433. The first-order valence-electron chi connectivity index (χ1n) is 13.0. The van der Waals surface area contributed by atoms with E-state index >= 15 is 0 Å². The first-order chi connectivity index (χ1) is 17.4. The third kappa shape index (κ3) is 6.91. The van der Waals surface area contributed by atoms with E-state index in [0.717, 1.165) is 35.7 Å². The van der Waals surface area contributed by atoms with Gasteiger partial charge in [0.2, 0.25) is 5.91 Å². The molecule has 36 heavy (non-hydrogen) atoms. The van der Waals surface area contributed by atoms with Crippen LogP contribution in [-0.2, 0) is 16.0 Å². The highest BCUT2D eigenvalue weighted by Crippen LogP contribution is 2.25. The van der Waals surface area contributed by atoms with Gasteiger partial charge < -0.3 is 15.2 Å². The van der Waals surface area contributed by atoms with E-state index in [1.54, 1.807) is 6.07 Å². The summed E-state index contributed by atoms with van der Waals surface area (Å²) in [5.41, 5.74) is 2.08. The number of aromatic nitrogens is 1. The minimum Gasteiger partial charge on any atom is -0.456 e. The maximum absolute atomic E-state index is 13.1. The van der Waals surface area contributed by atoms with Crippen LogP contribution in [0.25, 0.3) is 10.9 Å². The minimum atomic E-state index is -0.988. The van der Waals surface area contributed by atoms with E-state index in [1.165, 1.54) is 6.20 Å². The predicted molar refractivity (Wildman–Crippen MR) is 140 cm³/mol. The molecule has 2 N–H and O–H groups in total. The van der Waals surface area contributed by atoms with E-state index in [4.69, 9.17) is 4.74 Å². The Kier molecular flexibility index (Phi) is 8.70. The summed E-state index contributed by atoms with van der Waals surface area (Å²) in [5, 5.41) is 15.3. The van der Waals surface area contributed by atoms with E-state index in [-0.39, 0.29) is 24.3 Å². The van der Waals surface area contributed by atoms with E-state index in [2.05, 4.69) is 24.1 Å². The van der Waals surface area contributed by atoms with Gasteiger partial charge in [0.05, 0.1) is 17.2 Å². The van der Waals surface area contributed by atoms with E-state index in [1.807, 2.05) is 54.6 Å². The molecule has 1 aliphatic carbocycles. The molecule has 3 atom stereocenters. The van der Waals surface area contributed by atoms with Crippen LogP contribution in [-0.4, -0.2) is 40.2 Å². The summed E-state index contributed by atoms with van der Waals surface area (Å²) in [7, 11) is 0. The Morgan fingerprint density at radius 3 is 2.47 bits per heavy atom. The van der Waals surface area contributed by atoms with Crippen molar-refractivity contribution in [1.82, 2.24) is 10.3 Å². The Balaban J connectivity index is 1.51. The number of benzene rings is 2. The third-order valence-electron chi connectivity index (χ3n) is 6.90. The number of ether oxygens (including phenoxy) is 1. The van der Waals surface area contributed by atoms with Crippen molar-refractivity contribution in [2.24, 2.45) is 11.8 Å². The lowest BCUT2D eigenvalue weighted by Crippen LogP contribution is -2.45. The number of rotatable bonds is 11. The molecule has 1 amide bonds. The SMILES string of the molecule is CC(C)C[C@H](C[C@H](O)[C@H](Cc1ccccc1)OC(=O)c1cnc2ccccc2c1)C(=O)NC1CCC1. The Morgan fingerprint density at radius 2 is 1.78 bits per heavy atom.